The Bertz CT molecular complexity index is 1110. The Balaban J connectivity index is 2.55. The Hall–Kier alpha value is -3.23. The van der Waals surface area contributed by atoms with Crippen LogP contribution in [0.2, 0.25) is 0 Å². The number of esters is 2. The number of nitrogens with one attached hydrogen (secondary N) is 1. The molecule has 2 aromatic rings. The van der Waals surface area contributed by atoms with Gasteiger partial charge in [-0.1, -0.05) is 12.1 Å². The first-order valence-electron chi connectivity index (χ1n) is 11.6. The lowest BCUT2D eigenvalue weighted by atomic mass is 10.1. The average Bonchev–Trinajstić information content (AvgIpc) is 2.63. The second-order valence-electron chi connectivity index (χ2n) is 11.4. The van der Waals surface area contributed by atoms with E-state index in [4.69, 9.17) is 14.2 Å². The second kappa shape index (κ2) is 10.2. The number of alkyl carbamates (subject to hydrolysis) is 1. The molecule has 0 fully saturated rings. The monoisotopic (exact) mass is 487 g/mol. The van der Waals surface area contributed by atoms with Gasteiger partial charge in [0.1, 0.15) is 22.8 Å². The van der Waals surface area contributed by atoms with E-state index in [1.807, 2.05) is 19.1 Å². The molecule has 0 unspecified atom stereocenters. The Morgan fingerprint density at radius 2 is 1.43 bits per heavy atom. The number of ether oxygens (including phenoxy) is 3. The van der Waals surface area contributed by atoms with Gasteiger partial charge in [0.05, 0.1) is 16.7 Å². The lowest BCUT2D eigenvalue weighted by Crippen LogP contribution is -2.47. The lowest BCUT2D eigenvalue weighted by Gasteiger charge is -2.26. The van der Waals surface area contributed by atoms with E-state index in [1.54, 1.807) is 68.4 Å². The molecule has 0 saturated heterocycles. The predicted molar refractivity (Wildman–Crippen MR) is 132 cm³/mol. The van der Waals surface area contributed by atoms with E-state index in [9.17, 15) is 14.4 Å². The zero-order chi connectivity index (χ0) is 26.8. The summed E-state index contributed by atoms with van der Waals surface area (Å²) < 4.78 is 16.4. The van der Waals surface area contributed by atoms with Gasteiger partial charge < -0.3 is 19.5 Å². The summed E-state index contributed by atoms with van der Waals surface area (Å²) >= 11 is 0. The van der Waals surface area contributed by atoms with Gasteiger partial charge in [0.2, 0.25) is 0 Å². The molecule has 192 valence electrons. The third kappa shape index (κ3) is 8.81. The van der Waals surface area contributed by atoms with Crippen LogP contribution in [0.4, 0.5) is 4.79 Å². The molecule has 35 heavy (non-hydrogen) atoms. The first-order valence-corrected chi connectivity index (χ1v) is 11.6. The van der Waals surface area contributed by atoms with Crippen LogP contribution >= 0.6 is 0 Å². The van der Waals surface area contributed by atoms with E-state index in [0.717, 1.165) is 5.56 Å². The molecule has 1 aromatic carbocycles. The molecule has 0 spiro atoms. The zero-order valence-electron chi connectivity index (χ0n) is 22.4. The van der Waals surface area contributed by atoms with Crippen molar-refractivity contribution in [3.63, 3.8) is 0 Å². The summed E-state index contributed by atoms with van der Waals surface area (Å²) in [5, 5.41) is 2.56. The van der Waals surface area contributed by atoms with Crippen molar-refractivity contribution >= 4 is 29.1 Å². The highest BCUT2D eigenvalue weighted by atomic mass is 16.6. The highest BCUT2D eigenvalue weighted by Gasteiger charge is 2.32. The lowest BCUT2D eigenvalue weighted by molar-refractivity contribution is -0.157. The van der Waals surface area contributed by atoms with Gasteiger partial charge in [0, 0.05) is 6.42 Å². The smallest absolute Gasteiger partial charge is 0.408 e. The minimum atomic E-state index is -1.18. The minimum Gasteiger partial charge on any atom is -0.458 e. The van der Waals surface area contributed by atoms with E-state index < -0.39 is 40.9 Å². The van der Waals surface area contributed by atoms with Gasteiger partial charge in [-0.2, -0.15) is 0 Å². The van der Waals surface area contributed by atoms with Crippen LogP contribution in [0.25, 0.3) is 11.0 Å². The SMILES string of the molecule is Cc1cccc2nc(C[C@H](NC(=O)OC(C)(C)C)C(=O)OC(C)(C)C)c(C(=O)OC(C)(C)C)nc12. The van der Waals surface area contributed by atoms with Gasteiger partial charge in [0.15, 0.2) is 5.69 Å². The van der Waals surface area contributed by atoms with Gasteiger partial charge in [-0.3, -0.25) is 0 Å². The van der Waals surface area contributed by atoms with Gasteiger partial charge >= 0.3 is 18.0 Å². The standard InChI is InChI=1S/C26H37N3O6/c1-15-12-11-13-16-19(15)29-20(22(31)34-25(5,6)7)17(27-16)14-18(21(30)33-24(2,3)4)28-23(32)35-26(8,9)10/h11-13,18H,14H2,1-10H3,(H,28,32)/t18-/m0/s1. The number of amides is 1. The fourth-order valence-electron chi connectivity index (χ4n) is 3.10. The number of benzene rings is 1. The number of hydrogen-bond donors (Lipinski definition) is 1. The molecule has 0 aliphatic heterocycles. The van der Waals surface area contributed by atoms with E-state index in [0.29, 0.717) is 11.0 Å². The number of rotatable bonds is 5. The van der Waals surface area contributed by atoms with Crippen LogP contribution in [0.15, 0.2) is 18.2 Å². The average molecular weight is 488 g/mol. The van der Waals surface area contributed by atoms with Crippen LogP contribution in [0, 0.1) is 6.92 Å². The number of aryl methyl sites for hydroxylation is 1. The molecular weight excluding hydrogens is 450 g/mol. The van der Waals surface area contributed by atoms with Gasteiger partial charge in [-0.25, -0.2) is 24.4 Å². The summed E-state index contributed by atoms with van der Waals surface area (Å²) in [6.07, 6.45) is -0.948. The summed E-state index contributed by atoms with van der Waals surface area (Å²) in [5.74, 6) is -1.37. The third-order valence-corrected chi connectivity index (χ3v) is 4.34. The van der Waals surface area contributed by atoms with Gasteiger partial charge in [-0.15, -0.1) is 0 Å². The molecule has 1 amide bonds. The highest BCUT2D eigenvalue weighted by molar-refractivity contribution is 5.92. The highest BCUT2D eigenvalue weighted by Crippen LogP contribution is 2.21. The number of carbonyl (C=O) groups is 3. The molecule has 1 atom stereocenters. The largest absolute Gasteiger partial charge is 0.458 e. The normalized spacial score (nSPS) is 13.2. The molecule has 2 rings (SSSR count). The third-order valence-electron chi connectivity index (χ3n) is 4.34. The summed E-state index contributed by atoms with van der Waals surface area (Å²) in [5.41, 5.74) is -0.239. The number of hydrogen-bond acceptors (Lipinski definition) is 8. The number of carbonyl (C=O) groups excluding carboxylic acids is 3. The van der Waals surface area contributed by atoms with Crippen LogP contribution in [-0.4, -0.2) is 50.8 Å². The van der Waals surface area contributed by atoms with Crippen molar-refractivity contribution in [1.29, 1.82) is 0 Å². The molecule has 1 aromatic heterocycles. The summed E-state index contributed by atoms with van der Waals surface area (Å²) in [7, 11) is 0. The minimum absolute atomic E-state index is 0.0266. The van der Waals surface area contributed by atoms with E-state index in [2.05, 4.69) is 15.3 Å². The van der Waals surface area contributed by atoms with Crippen molar-refractivity contribution in [3.8, 4) is 0 Å². The predicted octanol–water partition coefficient (Wildman–Crippen LogP) is 4.67. The molecule has 1 heterocycles. The first-order chi connectivity index (χ1) is 15.8. The Kier molecular flexibility index (Phi) is 8.14. The van der Waals surface area contributed by atoms with Gasteiger partial charge in [0.25, 0.3) is 0 Å². The molecule has 0 saturated carbocycles. The quantitative estimate of drug-likeness (QED) is 0.478. The maximum atomic E-state index is 13.1. The topological polar surface area (TPSA) is 117 Å². The summed E-state index contributed by atoms with van der Waals surface area (Å²) in [6, 6.07) is 4.28. The van der Waals surface area contributed by atoms with Crippen molar-refractivity contribution in [2.75, 3.05) is 0 Å². The van der Waals surface area contributed by atoms with Crippen molar-refractivity contribution in [2.45, 2.75) is 98.5 Å². The summed E-state index contributed by atoms with van der Waals surface area (Å²) in [4.78, 5) is 47.8. The van der Waals surface area contributed by atoms with Crippen LogP contribution in [0.3, 0.4) is 0 Å². The Morgan fingerprint density at radius 3 is 1.97 bits per heavy atom. The Labute approximate surface area is 206 Å². The van der Waals surface area contributed by atoms with E-state index in [1.165, 1.54) is 0 Å². The zero-order valence-corrected chi connectivity index (χ0v) is 22.4. The number of para-hydroxylation sites is 1. The fourth-order valence-corrected chi connectivity index (χ4v) is 3.10. The summed E-state index contributed by atoms with van der Waals surface area (Å²) in [6.45, 7) is 17.4. The molecular formula is C26H37N3O6. The number of nitrogens with zero attached hydrogens (tertiary/aromatic N) is 2. The number of aromatic nitrogens is 2. The van der Waals surface area contributed by atoms with E-state index in [-0.39, 0.29) is 17.8 Å². The molecule has 0 radical (unpaired) electrons. The van der Waals surface area contributed by atoms with Crippen LogP contribution < -0.4 is 5.32 Å². The maximum Gasteiger partial charge on any atom is 0.408 e. The van der Waals surface area contributed by atoms with Crippen LogP contribution in [0.1, 0.15) is 84.1 Å². The molecule has 0 aliphatic rings. The second-order valence-corrected chi connectivity index (χ2v) is 11.4. The van der Waals surface area contributed by atoms with Crippen LogP contribution in [0.5, 0.6) is 0 Å². The molecule has 9 heteroatoms. The Morgan fingerprint density at radius 1 is 0.857 bits per heavy atom. The molecule has 0 aliphatic carbocycles. The van der Waals surface area contributed by atoms with Crippen molar-refractivity contribution in [1.82, 2.24) is 15.3 Å². The van der Waals surface area contributed by atoms with Crippen molar-refractivity contribution in [3.05, 3.63) is 35.2 Å². The van der Waals surface area contributed by atoms with Crippen molar-refractivity contribution in [2.24, 2.45) is 0 Å². The first kappa shape index (κ1) is 28.0. The molecule has 9 nitrogen and oxygen atoms in total. The van der Waals surface area contributed by atoms with Crippen molar-refractivity contribution < 1.29 is 28.6 Å². The molecule has 1 N–H and O–H groups in total. The van der Waals surface area contributed by atoms with E-state index >= 15 is 0 Å². The van der Waals surface area contributed by atoms with Gasteiger partial charge in [-0.05, 0) is 80.9 Å². The van der Waals surface area contributed by atoms with Crippen LogP contribution in [-0.2, 0) is 25.4 Å². The molecule has 0 bridgehead atoms. The number of fused-ring (bicyclic) bond motifs is 1. The fraction of sp³-hybridized carbons (Fsp3) is 0.577. The maximum absolute atomic E-state index is 13.1.